The SMILES string of the molecule is CC(=O)O[C@H]1[C@H](O[Si](c2ccccc2)(c2ccccc2)C(C)(C)C)C=CO[C@@H]1CO[Si](c1ccccc1)(c1ccccc1)C(C)(C)C. The van der Waals surface area contributed by atoms with Crippen molar-refractivity contribution in [2.75, 3.05) is 6.61 Å². The topological polar surface area (TPSA) is 54.0 Å². The maximum atomic E-state index is 12.7. The molecule has 0 bridgehead atoms. The summed E-state index contributed by atoms with van der Waals surface area (Å²) in [5.74, 6) is -0.389. The molecule has 1 heterocycles. The van der Waals surface area contributed by atoms with Gasteiger partial charge in [0.1, 0.15) is 6.10 Å². The maximum absolute atomic E-state index is 12.7. The Balaban J connectivity index is 1.57. The molecule has 1 aliphatic rings. The monoisotopic (exact) mass is 664 g/mol. The Morgan fingerprint density at radius 3 is 1.38 bits per heavy atom. The van der Waals surface area contributed by atoms with E-state index in [0.717, 1.165) is 10.4 Å². The normalized spacial score (nSPS) is 18.7. The van der Waals surface area contributed by atoms with Crippen molar-refractivity contribution in [3.05, 3.63) is 134 Å². The van der Waals surface area contributed by atoms with Crippen LogP contribution >= 0.6 is 0 Å². The van der Waals surface area contributed by atoms with E-state index in [4.69, 9.17) is 18.3 Å². The average Bonchev–Trinajstić information content (AvgIpc) is 3.05. The van der Waals surface area contributed by atoms with Gasteiger partial charge in [0.05, 0.1) is 12.9 Å². The highest BCUT2D eigenvalue weighted by molar-refractivity contribution is 7.00. The molecule has 47 heavy (non-hydrogen) atoms. The zero-order valence-corrected chi connectivity index (χ0v) is 30.7. The lowest BCUT2D eigenvalue weighted by Crippen LogP contribution is -2.69. The minimum atomic E-state index is -2.98. The summed E-state index contributed by atoms with van der Waals surface area (Å²) >= 11 is 0. The fourth-order valence-corrected chi connectivity index (χ4v) is 16.3. The Hall–Kier alpha value is -3.76. The lowest BCUT2D eigenvalue weighted by molar-refractivity contribution is -0.163. The number of carbonyl (C=O) groups is 1. The van der Waals surface area contributed by atoms with Crippen molar-refractivity contribution in [1.82, 2.24) is 0 Å². The summed E-state index contributed by atoms with van der Waals surface area (Å²) in [6.45, 7) is 15.1. The van der Waals surface area contributed by atoms with Crippen molar-refractivity contribution < 1.29 is 23.1 Å². The Morgan fingerprint density at radius 1 is 0.638 bits per heavy atom. The number of carbonyl (C=O) groups excluding carboxylic acids is 1. The first kappa shape index (κ1) is 34.6. The molecular formula is C40H48O5Si2. The van der Waals surface area contributed by atoms with E-state index in [1.165, 1.54) is 17.3 Å². The van der Waals surface area contributed by atoms with Crippen molar-refractivity contribution in [2.24, 2.45) is 0 Å². The van der Waals surface area contributed by atoms with Gasteiger partial charge in [0, 0.05) is 6.92 Å². The Labute approximate surface area is 282 Å². The zero-order chi connectivity index (χ0) is 33.7. The molecular weight excluding hydrogens is 617 g/mol. The molecule has 5 rings (SSSR count). The lowest BCUT2D eigenvalue weighted by atomic mass is 10.1. The van der Waals surface area contributed by atoms with Gasteiger partial charge in [-0.05, 0) is 36.9 Å². The fraction of sp³-hybridized carbons (Fsp3) is 0.325. The molecule has 246 valence electrons. The molecule has 0 fully saturated rings. The Bertz CT molecular complexity index is 1530. The van der Waals surface area contributed by atoms with E-state index in [1.54, 1.807) is 6.26 Å². The van der Waals surface area contributed by atoms with Crippen LogP contribution in [0.1, 0.15) is 48.5 Å². The largest absolute Gasteiger partial charge is 0.492 e. The van der Waals surface area contributed by atoms with Crippen LogP contribution in [0.3, 0.4) is 0 Å². The van der Waals surface area contributed by atoms with Gasteiger partial charge in [-0.25, -0.2) is 0 Å². The number of hydrogen-bond acceptors (Lipinski definition) is 5. The maximum Gasteiger partial charge on any atom is 0.303 e. The van der Waals surface area contributed by atoms with Crippen LogP contribution in [0.15, 0.2) is 134 Å². The van der Waals surface area contributed by atoms with Crippen molar-refractivity contribution in [2.45, 2.75) is 76.9 Å². The summed E-state index contributed by atoms with van der Waals surface area (Å²) in [6, 6.07) is 42.1. The summed E-state index contributed by atoms with van der Waals surface area (Å²) in [5.41, 5.74) is 0. The standard InChI is InChI=1S/C40H48O5Si2/c1-31(41)44-38-36(45-47(40(5,6)7,34-24-16-10-17-25-34)35-26-18-11-19-27-35)28-29-42-37(38)30-43-46(39(2,3)4,32-20-12-8-13-21-32)33-22-14-9-15-23-33/h8-29,36-38H,30H2,1-7H3/t36-,37-,38+/m1/s1. The summed E-state index contributed by atoms with van der Waals surface area (Å²) in [5, 5.41) is 4.18. The summed E-state index contributed by atoms with van der Waals surface area (Å²) < 4.78 is 27.2. The van der Waals surface area contributed by atoms with E-state index in [9.17, 15) is 4.79 Å². The predicted octanol–water partition coefficient (Wildman–Crippen LogP) is 6.35. The molecule has 7 heteroatoms. The van der Waals surface area contributed by atoms with E-state index in [-0.39, 0.29) is 22.7 Å². The first-order valence-corrected chi connectivity index (χ1v) is 20.2. The fourth-order valence-electron chi connectivity index (χ4n) is 7.06. The van der Waals surface area contributed by atoms with Gasteiger partial charge >= 0.3 is 5.97 Å². The van der Waals surface area contributed by atoms with E-state index < -0.39 is 34.9 Å². The van der Waals surface area contributed by atoms with Crippen molar-refractivity contribution >= 4 is 43.4 Å². The van der Waals surface area contributed by atoms with Crippen molar-refractivity contribution in [3.63, 3.8) is 0 Å². The molecule has 0 saturated carbocycles. The molecule has 4 aromatic carbocycles. The molecule has 4 aromatic rings. The number of esters is 1. The first-order chi connectivity index (χ1) is 22.4. The van der Waals surface area contributed by atoms with E-state index >= 15 is 0 Å². The van der Waals surface area contributed by atoms with Crippen LogP contribution in [-0.4, -0.2) is 47.5 Å². The molecule has 0 amide bonds. The highest BCUT2D eigenvalue weighted by Crippen LogP contribution is 2.40. The van der Waals surface area contributed by atoms with Gasteiger partial charge in [0.25, 0.3) is 16.6 Å². The van der Waals surface area contributed by atoms with Crippen molar-refractivity contribution in [1.29, 1.82) is 0 Å². The second-order valence-electron chi connectivity index (χ2n) is 14.3. The number of ether oxygens (including phenoxy) is 2. The van der Waals surface area contributed by atoms with E-state index in [1.807, 2.05) is 30.3 Å². The van der Waals surface area contributed by atoms with Crippen molar-refractivity contribution in [3.8, 4) is 0 Å². The van der Waals surface area contributed by atoms with Crippen LogP contribution in [0.4, 0.5) is 0 Å². The third-order valence-corrected chi connectivity index (χ3v) is 19.2. The van der Waals surface area contributed by atoms with Crippen LogP contribution < -0.4 is 20.7 Å². The minimum absolute atomic E-state index is 0.218. The zero-order valence-electron chi connectivity index (χ0n) is 28.7. The number of rotatable bonds is 10. The lowest BCUT2D eigenvalue weighted by Gasteiger charge is -2.47. The Kier molecular flexibility index (Phi) is 10.4. The molecule has 0 aromatic heterocycles. The molecule has 0 N–H and O–H groups in total. The van der Waals surface area contributed by atoms with Gasteiger partial charge < -0.3 is 18.3 Å². The minimum Gasteiger partial charge on any atom is -0.492 e. The van der Waals surface area contributed by atoms with Gasteiger partial charge in [0.2, 0.25) is 0 Å². The van der Waals surface area contributed by atoms with Gasteiger partial charge in [-0.3, -0.25) is 4.79 Å². The molecule has 0 unspecified atom stereocenters. The summed E-state index contributed by atoms with van der Waals surface area (Å²) in [6.07, 6.45) is 1.71. The molecule has 5 nitrogen and oxygen atoms in total. The highest BCUT2D eigenvalue weighted by atomic mass is 28.4. The van der Waals surface area contributed by atoms with Crippen LogP contribution in [0, 0.1) is 0 Å². The Morgan fingerprint density at radius 2 is 1.02 bits per heavy atom. The predicted molar refractivity (Wildman–Crippen MR) is 196 cm³/mol. The van der Waals surface area contributed by atoms with Gasteiger partial charge in [-0.2, -0.15) is 0 Å². The van der Waals surface area contributed by atoms with Crippen LogP contribution in [0.2, 0.25) is 10.1 Å². The van der Waals surface area contributed by atoms with E-state index in [2.05, 4.69) is 139 Å². The highest BCUT2D eigenvalue weighted by Gasteiger charge is 2.55. The van der Waals surface area contributed by atoms with Crippen LogP contribution in [0.5, 0.6) is 0 Å². The first-order valence-electron chi connectivity index (χ1n) is 16.4. The average molecular weight is 665 g/mol. The smallest absolute Gasteiger partial charge is 0.303 e. The van der Waals surface area contributed by atoms with Crippen LogP contribution in [0.25, 0.3) is 0 Å². The second-order valence-corrected chi connectivity index (χ2v) is 22.9. The molecule has 0 radical (unpaired) electrons. The van der Waals surface area contributed by atoms with Gasteiger partial charge in [-0.1, -0.05) is 163 Å². The summed E-state index contributed by atoms with van der Waals surface area (Å²) in [4.78, 5) is 12.7. The number of hydrogen-bond donors (Lipinski definition) is 0. The second kappa shape index (κ2) is 14.2. The molecule has 0 saturated heterocycles. The molecule has 0 spiro atoms. The van der Waals surface area contributed by atoms with E-state index in [0.29, 0.717) is 0 Å². The number of benzene rings is 4. The quantitative estimate of drug-likeness (QED) is 0.146. The van der Waals surface area contributed by atoms with Gasteiger partial charge in [0.15, 0.2) is 12.2 Å². The third kappa shape index (κ3) is 6.95. The molecule has 0 aliphatic carbocycles. The van der Waals surface area contributed by atoms with Gasteiger partial charge in [-0.15, -0.1) is 0 Å². The third-order valence-electron chi connectivity index (χ3n) is 9.12. The summed E-state index contributed by atoms with van der Waals surface area (Å²) in [7, 11) is -5.87. The molecule has 3 atom stereocenters. The molecule has 1 aliphatic heterocycles. The van der Waals surface area contributed by atoms with Crippen LogP contribution in [-0.2, 0) is 23.1 Å².